The standard InChI is InChI=1S/C27H38N2/c1-4-6-7-8-22-11-15-24(16-12-22)26-19-28-27(29-20-26)25-17-13-23(14-18-25)10-9-21(3)5-2/h13-14,17-20,22,24H,3-12,15-16H2,1-2H3. The molecule has 0 atom stereocenters. The van der Waals surface area contributed by atoms with Crippen LogP contribution in [0.1, 0.15) is 95.1 Å². The van der Waals surface area contributed by atoms with Crippen molar-refractivity contribution in [1.82, 2.24) is 9.97 Å². The molecule has 156 valence electrons. The van der Waals surface area contributed by atoms with Crippen LogP contribution in [0.15, 0.2) is 48.8 Å². The highest BCUT2D eigenvalue weighted by atomic mass is 14.9. The summed E-state index contributed by atoms with van der Waals surface area (Å²) < 4.78 is 0. The van der Waals surface area contributed by atoms with E-state index in [1.807, 2.05) is 0 Å². The Labute approximate surface area is 177 Å². The fraction of sp³-hybridized carbons (Fsp3) is 0.556. The van der Waals surface area contributed by atoms with Crippen LogP contribution in [-0.4, -0.2) is 9.97 Å². The van der Waals surface area contributed by atoms with Gasteiger partial charge in [-0.2, -0.15) is 0 Å². The van der Waals surface area contributed by atoms with Gasteiger partial charge in [-0.05, 0) is 67.9 Å². The Hall–Kier alpha value is -1.96. The van der Waals surface area contributed by atoms with E-state index in [0.717, 1.165) is 36.6 Å². The number of benzene rings is 1. The second-order valence-corrected chi connectivity index (χ2v) is 8.85. The fourth-order valence-corrected chi connectivity index (χ4v) is 4.48. The lowest BCUT2D eigenvalue weighted by molar-refractivity contribution is 0.302. The normalized spacial score (nSPS) is 19.2. The third-order valence-corrected chi connectivity index (χ3v) is 6.69. The highest BCUT2D eigenvalue weighted by Crippen LogP contribution is 2.37. The van der Waals surface area contributed by atoms with Crippen LogP contribution in [0.3, 0.4) is 0 Å². The minimum atomic E-state index is 0.653. The van der Waals surface area contributed by atoms with Gasteiger partial charge in [0.25, 0.3) is 0 Å². The monoisotopic (exact) mass is 390 g/mol. The van der Waals surface area contributed by atoms with Gasteiger partial charge in [0.05, 0.1) is 0 Å². The topological polar surface area (TPSA) is 25.8 Å². The molecule has 0 amide bonds. The molecule has 1 saturated carbocycles. The lowest BCUT2D eigenvalue weighted by Gasteiger charge is -2.28. The number of unbranched alkanes of at least 4 members (excludes halogenated alkanes) is 2. The van der Waals surface area contributed by atoms with Gasteiger partial charge in [-0.3, -0.25) is 0 Å². The van der Waals surface area contributed by atoms with Crippen LogP contribution in [-0.2, 0) is 6.42 Å². The summed E-state index contributed by atoms with van der Waals surface area (Å²) in [5.41, 5.74) is 5.11. The van der Waals surface area contributed by atoms with E-state index in [1.165, 1.54) is 68.1 Å². The van der Waals surface area contributed by atoms with Gasteiger partial charge in [-0.25, -0.2) is 9.97 Å². The molecule has 0 unspecified atom stereocenters. The van der Waals surface area contributed by atoms with Crippen LogP contribution in [0.4, 0.5) is 0 Å². The van der Waals surface area contributed by atoms with Gasteiger partial charge >= 0.3 is 0 Å². The molecule has 2 heteroatoms. The maximum Gasteiger partial charge on any atom is 0.159 e. The van der Waals surface area contributed by atoms with Crippen molar-refractivity contribution in [2.45, 2.75) is 90.4 Å². The predicted octanol–water partition coefficient (Wildman–Crippen LogP) is 7.90. The quantitative estimate of drug-likeness (QED) is 0.304. The predicted molar refractivity (Wildman–Crippen MR) is 124 cm³/mol. The third kappa shape index (κ3) is 6.52. The molecule has 1 aliphatic rings. The summed E-state index contributed by atoms with van der Waals surface area (Å²) in [5, 5.41) is 0. The van der Waals surface area contributed by atoms with Crippen molar-refractivity contribution >= 4 is 0 Å². The highest BCUT2D eigenvalue weighted by Gasteiger charge is 2.22. The van der Waals surface area contributed by atoms with Gasteiger partial charge in [0.2, 0.25) is 0 Å². The molecular weight excluding hydrogens is 352 g/mol. The van der Waals surface area contributed by atoms with E-state index in [9.17, 15) is 0 Å². The molecule has 0 saturated heterocycles. The Morgan fingerprint density at radius 3 is 2.28 bits per heavy atom. The van der Waals surface area contributed by atoms with Gasteiger partial charge in [0.1, 0.15) is 0 Å². The molecular formula is C27H38N2. The van der Waals surface area contributed by atoms with Crippen molar-refractivity contribution in [2.24, 2.45) is 5.92 Å². The molecule has 2 aromatic rings. The zero-order valence-electron chi connectivity index (χ0n) is 18.5. The molecule has 0 aliphatic heterocycles. The smallest absolute Gasteiger partial charge is 0.159 e. The molecule has 0 N–H and O–H groups in total. The Morgan fingerprint density at radius 2 is 1.66 bits per heavy atom. The number of aromatic nitrogens is 2. The van der Waals surface area contributed by atoms with Gasteiger partial charge < -0.3 is 0 Å². The third-order valence-electron chi connectivity index (χ3n) is 6.69. The van der Waals surface area contributed by atoms with Crippen LogP contribution < -0.4 is 0 Å². The first-order valence-electron chi connectivity index (χ1n) is 11.8. The van der Waals surface area contributed by atoms with Crippen LogP contribution in [0, 0.1) is 5.92 Å². The maximum absolute atomic E-state index is 4.70. The fourth-order valence-electron chi connectivity index (χ4n) is 4.48. The zero-order chi connectivity index (χ0) is 20.5. The van der Waals surface area contributed by atoms with Crippen molar-refractivity contribution < 1.29 is 0 Å². The Bertz CT molecular complexity index is 737. The zero-order valence-corrected chi connectivity index (χ0v) is 18.5. The van der Waals surface area contributed by atoms with Crippen molar-refractivity contribution in [2.75, 3.05) is 0 Å². The molecule has 0 bridgehead atoms. The summed E-state index contributed by atoms with van der Waals surface area (Å²) in [4.78, 5) is 9.39. The molecule has 1 aromatic heterocycles. The minimum absolute atomic E-state index is 0.653. The first kappa shape index (κ1) is 21.7. The van der Waals surface area contributed by atoms with Gasteiger partial charge in [-0.1, -0.05) is 75.9 Å². The van der Waals surface area contributed by atoms with Crippen molar-refractivity contribution in [3.63, 3.8) is 0 Å². The van der Waals surface area contributed by atoms with Gasteiger partial charge in [0, 0.05) is 18.0 Å². The number of hydrogen-bond donors (Lipinski definition) is 0. The molecule has 0 radical (unpaired) electrons. The second-order valence-electron chi connectivity index (χ2n) is 8.85. The summed E-state index contributed by atoms with van der Waals surface area (Å²) >= 11 is 0. The number of allylic oxidation sites excluding steroid dienone is 1. The molecule has 1 fully saturated rings. The van der Waals surface area contributed by atoms with Crippen LogP contribution in [0.25, 0.3) is 11.4 Å². The van der Waals surface area contributed by atoms with E-state index in [-0.39, 0.29) is 0 Å². The molecule has 1 heterocycles. The summed E-state index contributed by atoms with van der Waals surface area (Å²) in [6, 6.07) is 8.71. The van der Waals surface area contributed by atoms with Gasteiger partial charge in [0.15, 0.2) is 5.82 Å². The molecule has 29 heavy (non-hydrogen) atoms. The Balaban J connectivity index is 1.52. The number of rotatable bonds is 10. The first-order chi connectivity index (χ1) is 14.2. The van der Waals surface area contributed by atoms with E-state index in [4.69, 9.17) is 9.97 Å². The second kappa shape index (κ2) is 11.3. The summed E-state index contributed by atoms with van der Waals surface area (Å²) in [6.45, 7) is 8.56. The average molecular weight is 391 g/mol. The SMILES string of the molecule is C=C(CC)CCc1ccc(-c2ncc(C3CCC(CCCCC)CC3)cn2)cc1. The van der Waals surface area contributed by atoms with E-state index in [0.29, 0.717) is 5.92 Å². The molecule has 0 spiro atoms. The lowest BCUT2D eigenvalue weighted by atomic mass is 9.77. The molecule has 1 aliphatic carbocycles. The number of nitrogens with zero attached hydrogens (tertiary/aromatic N) is 2. The average Bonchev–Trinajstić information content (AvgIpc) is 2.78. The number of aryl methyl sites for hydroxylation is 1. The van der Waals surface area contributed by atoms with E-state index < -0.39 is 0 Å². The Morgan fingerprint density at radius 1 is 0.966 bits per heavy atom. The first-order valence-corrected chi connectivity index (χ1v) is 11.8. The van der Waals surface area contributed by atoms with Crippen LogP contribution in [0.5, 0.6) is 0 Å². The minimum Gasteiger partial charge on any atom is -0.236 e. The van der Waals surface area contributed by atoms with E-state index >= 15 is 0 Å². The lowest BCUT2D eigenvalue weighted by Crippen LogP contribution is -2.14. The summed E-state index contributed by atoms with van der Waals surface area (Å²) in [5.74, 6) is 2.44. The molecule has 2 nitrogen and oxygen atoms in total. The Kier molecular flexibility index (Phi) is 8.46. The van der Waals surface area contributed by atoms with Crippen molar-refractivity contribution in [1.29, 1.82) is 0 Å². The van der Waals surface area contributed by atoms with E-state index in [1.54, 1.807) is 0 Å². The largest absolute Gasteiger partial charge is 0.236 e. The maximum atomic E-state index is 4.70. The van der Waals surface area contributed by atoms with Crippen molar-refractivity contribution in [3.05, 3.63) is 59.9 Å². The summed E-state index contributed by atoms with van der Waals surface area (Å²) in [7, 11) is 0. The highest BCUT2D eigenvalue weighted by molar-refractivity contribution is 5.55. The molecule has 1 aromatic carbocycles. The van der Waals surface area contributed by atoms with E-state index in [2.05, 4.69) is 57.1 Å². The van der Waals surface area contributed by atoms with Crippen LogP contribution >= 0.6 is 0 Å². The summed E-state index contributed by atoms with van der Waals surface area (Å²) in [6.07, 6.45) is 18.3. The van der Waals surface area contributed by atoms with Crippen LogP contribution in [0.2, 0.25) is 0 Å². The van der Waals surface area contributed by atoms with Crippen molar-refractivity contribution in [3.8, 4) is 11.4 Å². The van der Waals surface area contributed by atoms with Gasteiger partial charge in [-0.15, -0.1) is 0 Å². The molecule has 3 rings (SSSR count). The number of hydrogen-bond acceptors (Lipinski definition) is 2.